The largest absolute Gasteiger partial charge is 0.459 e. The molecule has 1 saturated heterocycles. The van der Waals surface area contributed by atoms with Crippen molar-refractivity contribution in [2.75, 3.05) is 28.9 Å². The summed E-state index contributed by atoms with van der Waals surface area (Å²) < 4.78 is 15.7. The first-order valence-electron chi connectivity index (χ1n) is 10.0. The summed E-state index contributed by atoms with van der Waals surface area (Å²) in [5.74, 6) is 0.223. The second-order valence-electron chi connectivity index (χ2n) is 7.44. The van der Waals surface area contributed by atoms with Gasteiger partial charge < -0.3 is 29.4 Å². The van der Waals surface area contributed by atoms with E-state index >= 15 is 0 Å². The molecule has 0 saturated carbocycles. The summed E-state index contributed by atoms with van der Waals surface area (Å²) in [6, 6.07) is 15.2. The first-order valence-corrected chi connectivity index (χ1v) is 10.0. The molecule has 9 nitrogen and oxygen atoms in total. The van der Waals surface area contributed by atoms with E-state index in [4.69, 9.17) is 13.9 Å². The molecular formula is C23H19N3O6. The van der Waals surface area contributed by atoms with Gasteiger partial charge in [-0.05, 0) is 48.5 Å². The maximum atomic E-state index is 12.7. The molecule has 1 aromatic heterocycles. The van der Waals surface area contributed by atoms with E-state index in [-0.39, 0.29) is 43.2 Å². The number of carbonyl (C=O) groups excluding carboxylic acids is 3. The van der Waals surface area contributed by atoms with Crippen molar-refractivity contribution in [1.29, 1.82) is 0 Å². The Balaban J connectivity index is 1.20. The van der Waals surface area contributed by atoms with E-state index in [0.717, 1.165) is 0 Å². The van der Waals surface area contributed by atoms with Crippen LogP contribution in [-0.2, 0) is 9.59 Å². The standard InChI is InChI=1S/C23H19N3O6/c27-21-10-14(12-26(21)17-7-8-18-20(11-17)32-13-31-18)22(28)24-15-3-5-16(6-4-15)25-23(29)19-2-1-9-30-19/h1-9,11,14H,10,12-13H2,(H,24,28)(H,25,29). The van der Waals surface area contributed by atoms with Crippen LogP contribution in [0.2, 0.25) is 0 Å². The van der Waals surface area contributed by atoms with Crippen LogP contribution in [0.25, 0.3) is 0 Å². The molecule has 1 atom stereocenters. The lowest BCUT2D eigenvalue weighted by atomic mass is 10.1. The minimum Gasteiger partial charge on any atom is -0.459 e. The summed E-state index contributed by atoms with van der Waals surface area (Å²) in [6.45, 7) is 0.435. The van der Waals surface area contributed by atoms with E-state index in [0.29, 0.717) is 28.6 Å². The molecule has 2 aliphatic heterocycles. The van der Waals surface area contributed by atoms with Crippen molar-refractivity contribution in [2.24, 2.45) is 5.92 Å². The highest BCUT2D eigenvalue weighted by atomic mass is 16.7. The van der Waals surface area contributed by atoms with Gasteiger partial charge in [0, 0.05) is 36.1 Å². The Kier molecular flexibility index (Phi) is 4.98. The van der Waals surface area contributed by atoms with Crippen LogP contribution in [0, 0.1) is 5.92 Å². The monoisotopic (exact) mass is 433 g/mol. The smallest absolute Gasteiger partial charge is 0.291 e. The third-order valence-electron chi connectivity index (χ3n) is 5.32. The van der Waals surface area contributed by atoms with Gasteiger partial charge in [0.15, 0.2) is 17.3 Å². The van der Waals surface area contributed by atoms with Gasteiger partial charge in [0.05, 0.1) is 12.2 Å². The highest BCUT2D eigenvalue weighted by Gasteiger charge is 2.35. The van der Waals surface area contributed by atoms with Crippen molar-refractivity contribution < 1.29 is 28.3 Å². The maximum absolute atomic E-state index is 12.7. The van der Waals surface area contributed by atoms with Gasteiger partial charge in [-0.3, -0.25) is 14.4 Å². The third-order valence-corrected chi connectivity index (χ3v) is 5.32. The molecule has 0 spiro atoms. The number of benzene rings is 2. The molecule has 3 heterocycles. The number of amides is 3. The minimum absolute atomic E-state index is 0.123. The number of fused-ring (bicyclic) bond motifs is 1. The van der Waals surface area contributed by atoms with Crippen LogP contribution in [-0.4, -0.2) is 31.1 Å². The van der Waals surface area contributed by atoms with E-state index in [1.165, 1.54) is 6.26 Å². The maximum Gasteiger partial charge on any atom is 0.291 e. The van der Waals surface area contributed by atoms with Crippen molar-refractivity contribution >= 4 is 34.8 Å². The molecule has 9 heteroatoms. The lowest BCUT2D eigenvalue weighted by molar-refractivity contribution is -0.122. The highest BCUT2D eigenvalue weighted by Crippen LogP contribution is 2.37. The summed E-state index contributed by atoms with van der Waals surface area (Å²) >= 11 is 0. The Morgan fingerprint density at radius 1 is 0.938 bits per heavy atom. The van der Waals surface area contributed by atoms with Crippen LogP contribution in [0.1, 0.15) is 17.0 Å². The van der Waals surface area contributed by atoms with Crippen molar-refractivity contribution in [1.82, 2.24) is 0 Å². The molecule has 5 rings (SSSR count). The zero-order valence-corrected chi connectivity index (χ0v) is 16.9. The number of nitrogens with one attached hydrogen (secondary N) is 2. The molecule has 2 N–H and O–H groups in total. The van der Waals surface area contributed by atoms with Gasteiger partial charge in [-0.2, -0.15) is 0 Å². The third kappa shape index (κ3) is 3.87. The summed E-state index contributed by atoms with van der Waals surface area (Å²) in [4.78, 5) is 38.8. The Bertz CT molecular complexity index is 1170. The lowest BCUT2D eigenvalue weighted by Gasteiger charge is -2.17. The summed E-state index contributed by atoms with van der Waals surface area (Å²) in [5, 5.41) is 5.54. The Morgan fingerprint density at radius 3 is 2.44 bits per heavy atom. The van der Waals surface area contributed by atoms with E-state index in [2.05, 4.69) is 10.6 Å². The first kappa shape index (κ1) is 19.7. The van der Waals surface area contributed by atoms with Crippen LogP contribution in [0.15, 0.2) is 65.3 Å². The molecule has 162 valence electrons. The molecule has 0 bridgehead atoms. The number of furan rings is 1. The van der Waals surface area contributed by atoms with Crippen LogP contribution >= 0.6 is 0 Å². The molecular weight excluding hydrogens is 414 g/mol. The number of carbonyl (C=O) groups is 3. The molecule has 3 aromatic rings. The fraction of sp³-hybridized carbons (Fsp3) is 0.174. The minimum atomic E-state index is -0.480. The van der Waals surface area contributed by atoms with Gasteiger partial charge in [0.25, 0.3) is 5.91 Å². The predicted molar refractivity (Wildman–Crippen MR) is 115 cm³/mol. The van der Waals surface area contributed by atoms with Gasteiger partial charge in [0.2, 0.25) is 18.6 Å². The van der Waals surface area contributed by atoms with Crippen LogP contribution in [0.3, 0.4) is 0 Å². The van der Waals surface area contributed by atoms with E-state index in [9.17, 15) is 14.4 Å². The SMILES string of the molecule is O=C(Nc1ccc(NC(=O)C2CC(=O)N(c3ccc4c(c3)OCO4)C2)cc1)c1ccco1. The van der Waals surface area contributed by atoms with E-state index < -0.39 is 5.92 Å². The molecule has 2 aromatic carbocycles. The second kappa shape index (κ2) is 8.10. The van der Waals surface area contributed by atoms with Crippen molar-refractivity contribution in [3.05, 3.63) is 66.6 Å². The number of anilines is 3. The fourth-order valence-corrected chi connectivity index (χ4v) is 3.67. The van der Waals surface area contributed by atoms with E-state index in [1.807, 2.05) is 0 Å². The highest BCUT2D eigenvalue weighted by molar-refractivity contribution is 6.04. The number of hydrogen-bond acceptors (Lipinski definition) is 6. The number of rotatable bonds is 5. The molecule has 0 radical (unpaired) electrons. The molecule has 2 aliphatic rings. The van der Waals surface area contributed by atoms with Crippen LogP contribution < -0.4 is 25.0 Å². The van der Waals surface area contributed by atoms with Gasteiger partial charge in [-0.15, -0.1) is 0 Å². The van der Waals surface area contributed by atoms with Crippen LogP contribution in [0.4, 0.5) is 17.1 Å². The average molecular weight is 433 g/mol. The van der Waals surface area contributed by atoms with Gasteiger partial charge >= 0.3 is 0 Å². The van der Waals surface area contributed by atoms with Crippen LogP contribution in [0.5, 0.6) is 11.5 Å². The lowest BCUT2D eigenvalue weighted by Crippen LogP contribution is -2.28. The zero-order valence-electron chi connectivity index (χ0n) is 16.9. The number of hydrogen-bond donors (Lipinski definition) is 2. The molecule has 3 amide bonds. The van der Waals surface area contributed by atoms with Crippen molar-refractivity contribution in [3.63, 3.8) is 0 Å². The molecule has 1 fully saturated rings. The normalized spacial score (nSPS) is 16.8. The Hall–Kier alpha value is -4.27. The van der Waals surface area contributed by atoms with Crippen molar-refractivity contribution in [2.45, 2.75) is 6.42 Å². The summed E-state index contributed by atoms with van der Waals surface area (Å²) in [5.41, 5.74) is 1.81. The van der Waals surface area contributed by atoms with Gasteiger partial charge in [0.1, 0.15) is 0 Å². The summed E-state index contributed by atoms with van der Waals surface area (Å²) in [6.07, 6.45) is 1.55. The Morgan fingerprint density at radius 2 is 1.69 bits per heavy atom. The van der Waals surface area contributed by atoms with Gasteiger partial charge in [-0.25, -0.2) is 0 Å². The van der Waals surface area contributed by atoms with Crippen molar-refractivity contribution in [3.8, 4) is 11.5 Å². The fourth-order valence-electron chi connectivity index (χ4n) is 3.67. The molecule has 0 aliphatic carbocycles. The number of ether oxygens (including phenoxy) is 2. The Labute approximate surface area is 182 Å². The molecule has 1 unspecified atom stereocenters. The van der Waals surface area contributed by atoms with Gasteiger partial charge in [-0.1, -0.05) is 0 Å². The quantitative estimate of drug-likeness (QED) is 0.639. The number of nitrogens with zero attached hydrogens (tertiary/aromatic N) is 1. The first-order chi connectivity index (χ1) is 15.6. The average Bonchev–Trinajstić information content (AvgIpc) is 3.55. The predicted octanol–water partition coefficient (Wildman–Crippen LogP) is 3.25. The second-order valence-corrected chi connectivity index (χ2v) is 7.44. The topological polar surface area (TPSA) is 110 Å². The molecule has 32 heavy (non-hydrogen) atoms. The summed E-state index contributed by atoms with van der Waals surface area (Å²) in [7, 11) is 0. The zero-order chi connectivity index (χ0) is 22.1. The van der Waals surface area contributed by atoms with E-state index in [1.54, 1.807) is 59.5 Å².